The average molecular weight is 307 g/mol. The summed E-state index contributed by atoms with van der Waals surface area (Å²) in [5.41, 5.74) is 2.26. The van der Waals surface area contributed by atoms with Crippen molar-refractivity contribution in [3.8, 4) is 10.7 Å². The van der Waals surface area contributed by atoms with Crippen LogP contribution in [0, 0.1) is 12.7 Å². The van der Waals surface area contributed by atoms with Crippen LogP contribution in [0.5, 0.6) is 0 Å². The highest BCUT2D eigenvalue weighted by atomic mass is 35.5. The third-order valence-corrected chi connectivity index (χ3v) is 4.50. The maximum atomic E-state index is 13.7. The lowest BCUT2D eigenvalue weighted by Gasteiger charge is -2.06. The van der Waals surface area contributed by atoms with Crippen LogP contribution in [0.3, 0.4) is 0 Å². The minimum absolute atomic E-state index is 0.278. The van der Waals surface area contributed by atoms with Gasteiger partial charge in [-0.2, -0.15) is 0 Å². The Morgan fingerprint density at radius 3 is 2.85 bits per heavy atom. The van der Waals surface area contributed by atoms with E-state index in [9.17, 15) is 4.39 Å². The summed E-state index contributed by atoms with van der Waals surface area (Å²) in [6.07, 6.45) is 0.903. The third kappa shape index (κ3) is 2.19. The van der Waals surface area contributed by atoms with E-state index in [0.717, 1.165) is 11.3 Å². The minimum Gasteiger partial charge on any atom is -0.227 e. The molecule has 2 aromatic heterocycles. The van der Waals surface area contributed by atoms with Gasteiger partial charge in [0, 0.05) is 11.5 Å². The van der Waals surface area contributed by atoms with Crippen LogP contribution in [0.4, 0.5) is 4.39 Å². The molecular weight excluding hydrogens is 295 g/mol. The molecule has 0 unspecified atom stereocenters. The van der Waals surface area contributed by atoms with Crippen molar-refractivity contribution in [2.75, 3.05) is 0 Å². The van der Waals surface area contributed by atoms with Gasteiger partial charge >= 0.3 is 0 Å². The molecule has 3 aromatic rings. The van der Waals surface area contributed by atoms with Gasteiger partial charge in [0.25, 0.3) is 0 Å². The van der Waals surface area contributed by atoms with Crippen molar-refractivity contribution in [1.82, 2.24) is 9.97 Å². The minimum atomic E-state index is -0.278. The fourth-order valence-electron chi connectivity index (χ4n) is 2.13. The van der Waals surface area contributed by atoms with E-state index in [1.54, 1.807) is 24.3 Å². The molecule has 0 aliphatic carbocycles. The van der Waals surface area contributed by atoms with E-state index < -0.39 is 0 Å². The van der Waals surface area contributed by atoms with E-state index in [2.05, 4.69) is 23.0 Å². The zero-order chi connectivity index (χ0) is 14.3. The summed E-state index contributed by atoms with van der Waals surface area (Å²) in [5.74, 6) is 0.290. The number of benzene rings is 1. The molecule has 1 aromatic carbocycles. The molecule has 0 saturated carbocycles. The number of thiophene rings is 1. The van der Waals surface area contributed by atoms with E-state index in [-0.39, 0.29) is 5.82 Å². The number of hydrogen-bond donors (Lipinski definition) is 0. The summed E-state index contributed by atoms with van der Waals surface area (Å²) in [7, 11) is 0. The molecule has 20 heavy (non-hydrogen) atoms. The van der Waals surface area contributed by atoms with Gasteiger partial charge in [0.05, 0.1) is 10.4 Å². The van der Waals surface area contributed by atoms with E-state index in [1.807, 2.05) is 5.38 Å². The van der Waals surface area contributed by atoms with Crippen LogP contribution in [0.2, 0.25) is 5.15 Å². The van der Waals surface area contributed by atoms with Crippen molar-refractivity contribution in [1.29, 1.82) is 0 Å². The van der Waals surface area contributed by atoms with Crippen LogP contribution in [-0.4, -0.2) is 9.97 Å². The molecular formula is C15H12ClFN2S. The van der Waals surface area contributed by atoms with Crippen LogP contribution in [0.15, 0.2) is 23.6 Å². The normalized spacial score (nSPS) is 11.2. The Bertz CT molecular complexity index is 798. The molecule has 0 spiro atoms. The van der Waals surface area contributed by atoms with E-state index in [4.69, 9.17) is 11.6 Å². The molecule has 0 atom stereocenters. The first-order valence-corrected chi connectivity index (χ1v) is 7.56. The standard InChI is InChI=1S/C15H12ClFN2S/c1-3-9-4-5-20-13(9)15-18-12-7-11(17)8(2)6-10(12)14(16)19-15/h4-7H,3H2,1-2H3. The second-order valence-corrected chi connectivity index (χ2v) is 5.86. The van der Waals surface area contributed by atoms with Gasteiger partial charge < -0.3 is 0 Å². The number of aromatic nitrogens is 2. The molecule has 102 valence electrons. The largest absolute Gasteiger partial charge is 0.227 e. The summed E-state index contributed by atoms with van der Waals surface area (Å²) in [4.78, 5) is 9.83. The summed E-state index contributed by atoms with van der Waals surface area (Å²) < 4.78 is 13.7. The maximum Gasteiger partial charge on any atom is 0.171 e. The van der Waals surface area contributed by atoms with Crippen molar-refractivity contribution < 1.29 is 4.39 Å². The second-order valence-electron chi connectivity index (χ2n) is 4.59. The second kappa shape index (κ2) is 5.11. The summed E-state index contributed by atoms with van der Waals surface area (Å²) in [6, 6.07) is 5.16. The lowest BCUT2D eigenvalue weighted by Crippen LogP contribution is -1.94. The fraction of sp³-hybridized carbons (Fsp3) is 0.200. The molecule has 0 bridgehead atoms. The Balaban J connectivity index is 2.26. The number of nitrogens with zero attached hydrogens (tertiary/aromatic N) is 2. The molecule has 0 radical (unpaired) electrons. The average Bonchev–Trinajstić information content (AvgIpc) is 2.89. The van der Waals surface area contributed by atoms with Crippen molar-refractivity contribution in [3.63, 3.8) is 0 Å². The first-order valence-electron chi connectivity index (χ1n) is 6.30. The van der Waals surface area contributed by atoms with Gasteiger partial charge in [0.1, 0.15) is 11.0 Å². The van der Waals surface area contributed by atoms with Gasteiger partial charge in [-0.3, -0.25) is 0 Å². The molecule has 5 heteroatoms. The van der Waals surface area contributed by atoms with Crippen molar-refractivity contribution in [2.45, 2.75) is 20.3 Å². The van der Waals surface area contributed by atoms with E-state index >= 15 is 0 Å². The molecule has 0 saturated heterocycles. The first kappa shape index (κ1) is 13.5. The molecule has 0 N–H and O–H groups in total. The zero-order valence-corrected chi connectivity index (χ0v) is 12.6. The van der Waals surface area contributed by atoms with Gasteiger partial charge in [0.15, 0.2) is 5.82 Å². The molecule has 2 nitrogen and oxygen atoms in total. The maximum absolute atomic E-state index is 13.7. The zero-order valence-electron chi connectivity index (χ0n) is 11.1. The lowest BCUT2D eigenvalue weighted by molar-refractivity contribution is 0.620. The Morgan fingerprint density at radius 2 is 2.10 bits per heavy atom. The van der Waals surface area contributed by atoms with Gasteiger partial charge in [-0.15, -0.1) is 11.3 Å². The predicted molar refractivity (Wildman–Crippen MR) is 81.9 cm³/mol. The topological polar surface area (TPSA) is 25.8 Å². The predicted octanol–water partition coefficient (Wildman–Crippen LogP) is 5.02. The molecule has 2 heterocycles. The first-order chi connectivity index (χ1) is 9.60. The number of fused-ring (bicyclic) bond motifs is 1. The van der Waals surface area contributed by atoms with Crippen molar-refractivity contribution in [3.05, 3.63) is 45.7 Å². The number of halogens is 2. The van der Waals surface area contributed by atoms with Gasteiger partial charge in [-0.25, -0.2) is 14.4 Å². The molecule has 3 rings (SSSR count). The van der Waals surface area contributed by atoms with Gasteiger partial charge in [0.2, 0.25) is 0 Å². The summed E-state index contributed by atoms with van der Waals surface area (Å²) >= 11 is 7.80. The SMILES string of the molecule is CCc1ccsc1-c1nc(Cl)c2cc(C)c(F)cc2n1. The third-order valence-electron chi connectivity index (χ3n) is 3.26. The molecule has 0 fully saturated rings. The van der Waals surface area contributed by atoms with Crippen LogP contribution in [0.25, 0.3) is 21.6 Å². The Labute approximate surface area is 125 Å². The fourth-order valence-corrected chi connectivity index (χ4v) is 3.29. The monoisotopic (exact) mass is 306 g/mol. The van der Waals surface area contributed by atoms with Crippen molar-refractivity contribution in [2.24, 2.45) is 0 Å². The van der Waals surface area contributed by atoms with Gasteiger partial charge in [-0.05, 0) is 42.0 Å². The van der Waals surface area contributed by atoms with Gasteiger partial charge in [-0.1, -0.05) is 18.5 Å². The van der Waals surface area contributed by atoms with Crippen LogP contribution in [-0.2, 0) is 6.42 Å². The highest BCUT2D eigenvalue weighted by Crippen LogP contribution is 2.31. The van der Waals surface area contributed by atoms with Crippen LogP contribution >= 0.6 is 22.9 Å². The Morgan fingerprint density at radius 1 is 1.30 bits per heavy atom. The highest BCUT2D eigenvalue weighted by Gasteiger charge is 2.13. The lowest BCUT2D eigenvalue weighted by atomic mass is 10.1. The Hall–Kier alpha value is -1.52. The quantitative estimate of drug-likeness (QED) is 0.621. The smallest absolute Gasteiger partial charge is 0.171 e. The molecule has 0 aliphatic heterocycles. The van der Waals surface area contributed by atoms with Crippen molar-refractivity contribution >= 4 is 33.8 Å². The number of rotatable bonds is 2. The van der Waals surface area contributed by atoms with Crippen LogP contribution in [0.1, 0.15) is 18.1 Å². The Kier molecular flexibility index (Phi) is 3.44. The van der Waals surface area contributed by atoms with E-state index in [1.165, 1.54) is 11.6 Å². The van der Waals surface area contributed by atoms with E-state index in [0.29, 0.717) is 27.4 Å². The number of hydrogen-bond acceptors (Lipinski definition) is 3. The molecule has 0 amide bonds. The molecule has 0 aliphatic rings. The number of aryl methyl sites for hydroxylation is 2. The van der Waals surface area contributed by atoms with Crippen LogP contribution < -0.4 is 0 Å². The summed E-state index contributed by atoms with van der Waals surface area (Å²) in [6.45, 7) is 3.78. The summed E-state index contributed by atoms with van der Waals surface area (Å²) in [5, 5.41) is 3.05. The highest BCUT2D eigenvalue weighted by molar-refractivity contribution is 7.13.